The van der Waals surface area contributed by atoms with Crippen molar-refractivity contribution in [1.82, 2.24) is 4.90 Å². The molecule has 3 nitrogen and oxygen atoms in total. The lowest BCUT2D eigenvalue weighted by Gasteiger charge is -2.15. The summed E-state index contributed by atoms with van der Waals surface area (Å²) >= 11 is 7.47. The summed E-state index contributed by atoms with van der Waals surface area (Å²) < 4.78 is 0. The van der Waals surface area contributed by atoms with Gasteiger partial charge in [-0.25, -0.2) is 0 Å². The number of carbonyl (C=O) groups excluding carboxylic acids is 1. The van der Waals surface area contributed by atoms with Crippen molar-refractivity contribution in [3.63, 3.8) is 0 Å². The molecule has 1 aliphatic heterocycles. The van der Waals surface area contributed by atoms with Gasteiger partial charge < -0.3 is 10.6 Å². The molecule has 1 aromatic rings. The lowest BCUT2D eigenvalue weighted by atomic mass is 10.2. The molecule has 18 heavy (non-hydrogen) atoms. The predicted octanol–water partition coefficient (Wildman–Crippen LogP) is 2.51. The van der Waals surface area contributed by atoms with Crippen LogP contribution >= 0.6 is 23.4 Å². The lowest BCUT2D eigenvalue weighted by molar-refractivity contribution is -0.127. The van der Waals surface area contributed by atoms with Crippen LogP contribution in [0.4, 0.5) is 0 Å². The van der Waals surface area contributed by atoms with Crippen molar-refractivity contribution in [3.8, 4) is 0 Å². The number of rotatable bonds is 4. The van der Waals surface area contributed by atoms with Gasteiger partial charge in [0, 0.05) is 29.6 Å². The van der Waals surface area contributed by atoms with Crippen molar-refractivity contribution in [2.45, 2.75) is 24.3 Å². The van der Waals surface area contributed by atoms with Gasteiger partial charge in [0.25, 0.3) is 0 Å². The molecule has 0 atom stereocenters. The van der Waals surface area contributed by atoms with Gasteiger partial charge in [0.2, 0.25) is 5.91 Å². The van der Waals surface area contributed by atoms with Gasteiger partial charge in [-0.1, -0.05) is 11.6 Å². The Morgan fingerprint density at radius 1 is 1.39 bits per heavy atom. The molecule has 1 amide bonds. The Bertz CT molecular complexity index is 433. The fourth-order valence-corrected chi connectivity index (χ4v) is 3.19. The first-order valence-electron chi connectivity index (χ1n) is 6.10. The van der Waals surface area contributed by atoms with E-state index in [0.29, 0.717) is 17.3 Å². The highest BCUT2D eigenvalue weighted by Gasteiger charge is 2.18. The minimum Gasteiger partial charge on any atom is -0.342 e. The third kappa shape index (κ3) is 3.40. The van der Waals surface area contributed by atoms with E-state index in [0.717, 1.165) is 36.4 Å². The Morgan fingerprint density at radius 3 is 2.78 bits per heavy atom. The van der Waals surface area contributed by atoms with Gasteiger partial charge in [-0.3, -0.25) is 4.79 Å². The van der Waals surface area contributed by atoms with Gasteiger partial charge in [0.1, 0.15) is 0 Å². The number of nitrogens with two attached hydrogens (primary N) is 1. The van der Waals surface area contributed by atoms with Crippen molar-refractivity contribution in [2.75, 3.05) is 18.8 Å². The van der Waals surface area contributed by atoms with Crippen LogP contribution in [0.2, 0.25) is 5.02 Å². The minimum atomic E-state index is 0.218. The van der Waals surface area contributed by atoms with E-state index >= 15 is 0 Å². The number of benzene rings is 1. The molecule has 0 radical (unpaired) electrons. The van der Waals surface area contributed by atoms with E-state index in [1.807, 2.05) is 23.1 Å². The van der Waals surface area contributed by atoms with Crippen LogP contribution in [0.3, 0.4) is 0 Å². The third-order valence-corrected chi connectivity index (χ3v) is 4.39. The Labute approximate surface area is 117 Å². The molecule has 0 aromatic heterocycles. The smallest absolute Gasteiger partial charge is 0.232 e. The Kier molecular flexibility index (Phi) is 4.92. The monoisotopic (exact) mass is 284 g/mol. The second-order valence-electron chi connectivity index (χ2n) is 4.33. The fraction of sp³-hybridized carbons (Fsp3) is 0.462. The number of carbonyl (C=O) groups is 1. The SMILES string of the molecule is NCc1cc(Cl)ccc1SCC(=O)N1CCCC1. The van der Waals surface area contributed by atoms with E-state index in [1.54, 1.807) is 11.8 Å². The van der Waals surface area contributed by atoms with E-state index in [1.165, 1.54) is 0 Å². The molecule has 0 spiro atoms. The van der Waals surface area contributed by atoms with Crippen LogP contribution in [-0.4, -0.2) is 29.6 Å². The summed E-state index contributed by atoms with van der Waals surface area (Å²) in [5.41, 5.74) is 6.68. The molecular weight excluding hydrogens is 268 g/mol. The Morgan fingerprint density at radius 2 is 2.11 bits per heavy atom. The maximum Gasteiger partial charge on any atom is 0.232 e. The zero-order chi connectivity index (χ0) is 13.0. The van der Waals surface area contributed by atoms with Gasteiger partial charge in [0.15, 0.2) is 0 Å². The minimum absolute atomic E-state index is 0.218. The molecule has 0 saturated carbocycles. The molecule has 98 valence electrons. The third-order valence-electron chi connectivity index (χ3n) is 3.05. The van der Waals surface area contributed by atoms with Gasteiger partial charge in [-0.05, 0) is 36.6 Å². The normalized spacial score (nSPS) is 15.1. The van der Waals surface area contributed by atoms with Crippen LogP contribution in [0.15, 0.2) is 23.1 Å². The number of hydrogen-bond acceptors (Lipinski definition) is 3. The second kappa shape index (κ2) is 6.45. The summed E-state index contributed by atoms with van der Waals surface area (Å²) in [7, 11) is 0. The average Bonchev–Trinajstić information content (AvgIpc) is 2.90. The lowest BCUT2D eigenvalue weighted by Crippen LogP contribution is -2.29. The van der Waals surface area contributed by atoms with Gasteiger partial charge in [-0.2, -0.15) is 0 Å². The summed E-state index contributed by atoms with van der Waals surface area (Å²) in [6.45, 7) is 2.26. The van der Waals surface area contributed by atoms with Crippen molar-refractivity contribution in [3.05, 3.63) is 28.8 Å². The Balaban J connectivity index is 1.95. The maximum absolute atomic E-state index is 11.9. The number of nitrogens with zero attached hydrogens (tertiary/aromatic N) is 1. The van der Waals surface area contributed by atoms with Crippen molar-refractivity contribution >= 4 is 29.3 Å². The van der Waals surface area contributed by atoms with Crippen molar-refractivity contribution in [2.24, 2.45) is 5.73 Å². The van der Waals surface area contributed by atoms with E-state index in [2.05, 4.69) is 0 Å². The quantitative estimate of drug-likeness (QED) is 0.864. The number of halogens is 1. The molecule has 0 bridgehead atoms. The van der Waals surface area contributed by atoms with Crippen LogP contribution in [0.1, 0.15) is 18.4 Å². The summed E-state index contributed by atoms with van der Waals surface area (Å²) in [6.07, 6.45) is 2.26. The predicted molar refractivity (Wildman–Crippen MR) is 75.9 cm³/mol. The molecule has 1 heterocycles. The number of thioether (sulfide) groups is 1. The van der Waals surface area contributed by atoms with E-state index < -0.39 is 0 Å². The molecule has 5 heteroatoms. The number of hydrogen-bond donors (Lipinski definition) is 1. The topological polar surface area (TPSA) is 46.3 Å². The van der Waals surface area contributed by atoms with Crippen LogP contribution in [0.25, 0.3) is 0 Å². The molecule has 1 saturated heterocycles. The summed E-state index contributed by atoms with van der Waals surface area (Å²) in [6, 6.07) is 5.64. The largest absolute Gasteiger partial charge is 0.342 e. The molecule has 0 unspecified atom stereocenters. The standard InChI is InChI=1S/C13H17ClN2OS/c14-11-3-4-12(10(7-11)8-15)18-9-13(17)16-5-1-2-6-16/h3-4,7H,1-2,5-6,8-9,15H2. The first kappa shape index (κ1) is 13.7. The molecule has 2 N–H and O–H groups in total. The summed E-state index contributed by atoms with van der Waals surface area (Å²) in [4.78, 5) is 14.9. The van der Waals surface area contributed by atoms with E-state index in [-0.39, 0.29) is 5.91 Å². The maximum atomic E-state index is 11.9. The second-order valence-corrected chi connectivity index (χ2v) is 5.79. The van der Waals surface area contributed by atoms with E-state index in [9.17, 15) is 4.79 Å². The number of likely N-dealkylation sites (tertiary alicyclic amines) is 1. The van der Waals surface area contributed by atoms with Gasteiger partial charge >= 0.3 is 0 Å². The first-order chi connectivity index (χ1) is 8.70. The molecule has 1 aromatic carbocycles. The van der Waals surface area contributed by atoms with Crippen molar-refractivity contribution < 1.29 is 4.79 Å². The highest BCUT2D eigenvalue weighted by Crippen LogP contribution is 2.26. The van der Waals surface area contributed by atoms with Gasteiger partial charge in [0.05, 0.1) is 5.75 Å². The summed E-state index contributed by atoms with van der Waals surface area (Å²) in [5, 5.41) is 0.686. The fourth-order valence-electron chi connectivity index (χ4n) is 2.05. The van der Waals surface area contributed by atoms with Crippen LogP contribution in [0.5, 0.6) is 0 Å². The average molecular weight is 285 g/mol. The molecule has 1 fully saturated rings. The highest BCUT2D eigenvalue weighted by molar-refractivity contribution is 8.00. The van der Waals surface area contributed by atoms with Crippen LogP contribution in [0, 0.1) is 0 Å². The highest BCUT2D eigenvalue weighted by atomic mass is 35.5. The van der Waals surface area contributed by atoms with Crippen LogP contribution in [-0.2, 0) is 11.3 Å². The molecule has 2 rings (SSSR count). The zero-order valence-electron chi connectivity index (χ0n) is 10.2. The molecular formula is C13H17ClN2OS. The number of amides is 1. The summed E-state index contributed by atoms with van der Waals surface area (Å²) in [5.74, 6) is 0.699. The molecule has 0 aliphatic carbocycles. The van der Waals surface area contributed by atoms with Crippen molar-refractivity contribution in [1.29, 1.82) is 0 Å². The first-order valence-corrected chi connectivity index (χ1v) is 7.46. The van der Waals surface area contributed by atoms with Crippen LogP contribution < -0.4 is 5.73 Å². The molecule has 1 aliphatic rings. The zero-order valence-corrected chi connectivity index (χ0v) is 11.8. The van der Waals surface area contributed by atoms with E-state index in [4.69, 9.17) is 17.3 Å². The van der Waals surface area contributed by atoms with Gasteiger partial charge in [-0.15, -0.1) is 11.8 Å². The Hall–Kier alpha value is -0.710.